The van der Waals surface area contributed by atoms with Gasteiger partial charge in [-0.2, -0.15) is 0 Å². The third-order valence-electron chi connectivity index (χ3n) is 4.24. The highest BCUT2D eigenvalue weighted by molar-refractivity contribution is 6.12. The summed E-state index contributed by atoms with van der Waals surface area (Å²) in [6.45, 7) is 3.92. The summed E-state index contributed by atoms with van der Waals surface area (Å²) in [5, 5.41) is 26.4. The Morgan fingerprint density at radius 2 is 1.31 bits per heavy atom. The van der Waals surface area contributed by atoms with Gasteiger partial charge in [-0.15, -0.1) is 0 Å². The molecule has 0 N–H and O–H groups in total. The van der Waals surface area contributed by atoms with Crippen LogP contribution in [0.2, 0.25) is 0 Å². The standard InChI is InChI=1S/C21H17N3O5/c1-14-3-7-16(8-4-14)21(17-9-5-15(2)6-10-17)22-29-20-12-11-18(23(25)26)13-19(20)24(27)28/h3-13H,1-2H3. The molecule has 0 radical (unpaired) electrons. The van der Waals surface area contributed by atoms with Gasteiger partial charge in [0.2, 0.25) is 5.75 Å². The molecule has 0 saturated heterocycles. The van der Waals surface area contributed by atoms with Crippen LogP contribution in [0.4, 0.5) is 11.4 Å². The average molecular weight is 391 g/mol. The SMILES string of the molecule is Cc1ccc(C(=NOc2ccc([N+](=O)[O-])cc2[N+](=O)[O-])c2ccc(C)cc2)cc1. The maximum atomic E-state index is 11.3. The first-order chi connectivity index (χ1) is 13.8. The second-order valence-electron chi connectivity index (χ2n) is 6.43. The number of nitrogens with zero attached hydrogens (tertiary/aromatic N) is 3. The van der Waals surface area contributed by atoms with Crippen molar-refractivity contribution in [2.24, 2.45) is 5.16 Å². The van der Waals surface area contributed by atoms with Crippen molar-refractivity contribution in [3.8, 4) is 5.75 Å². The van der Waals surface area contributed by atoms with Crippen LogP contribution >= 0.6 is 0 Å². The highest BCUT2D eigenvalue weighted by atomic mass is 16.7. The van der Waals surface area contributed by atoms with Crippen LogP contribution in [0, 0.1) is 34.1 Å². The van der Waals surface area contributed by atoms with E-state index in [9.17, 15) is 20.2 Å². The van der Waals surface area contributed by atoms with E-state index in [1.807, 2.05) is 62.4 Å². The van der Waals surface area contributed by atoms with Crippen LogP contribution in [0.5, 0.6) is 5.75 Å². The number of nitro groups is 2. The summed E-state index contributed by atoms with van der Waals surface area (Å²) < 4.78 is 0. The highest BCUT2D eigenvalue weighted by Gasteiger charge is 2.21. The molecule has 0 aliphatic carbocycles. The summed E-state index contributed by atoms with van der Waals surface area (Å²) >= 11 is 0. The lowest BCUT2D eigenvalue weighted by Gasteiger charge is -2.08. The maximum Gasteiger partial charge on any atom is 0.321 e. The minimum Gasteiger partial charge on any atom is -0.349 e. The lowest BCUT2D eigenvalue weighted by Crippen LogP contribution is -2.06. The number of hydrogen-bond donors (Lipinski definition) is 0. The smallest absolute Gasteiger partial charge is 0.321 e. The highest BCUT2D eigenvalue weighted by Crippen LogP contribution is 2.31. The predicted molar refractivity (Wildman–Crippen MR) is 108 cm³/mol. The van der Waals surface area contributed by atoms with Gasteiger partial charge in [0, 0.05) is 17.2 Å². The van der Waals surface area contributed by atoms with E-state index in [0.29, 0.717) is 5.71 Å². The minimum atomic E-state index is -0.741. The molecule has 0 unspecified atom stereocenters. The fourth-order valence-corrected chi connectivity index (χ4v) is 2.63. The van der Waals surface area contributed by atoms with Crippen LogP contribution in [-0.4, -0.2) is 15.6 Å². The van der Waals surface area contributed by atoms with Gasteiger partial charge in [-0.3, -0.25) is 20.2 Å². The molecule has 146 valence electrons. The molecular formula is C21H17N3O5. The summed E-state index contributed by atoms with van der Waals surface area (Å²) in [5.74, 6) is -0.183. The van der Waals surface area contributed by atoms with E-state index in [0.717, 1.165) is 34.4 Å². The molecule has 0 bridgehead atoms. The summed E-state index contributed by atoms with van der Waals surface area (Å²) in [6, 6.07) is 18.4. The van der Waals surface area contributed by atoms with Crippen molar-refractivity contribution in [3.05, 3.63) is 109 Å². The van der Waals surface area contributed by atoms with Gasteiger partial charge in [0.15, 0.2) is 0 Å². The number of aryl methyl sites for hydroxylation is 2. The Labute approximate surface area is 166 Å². The molecule has 0 saturated carbocycles. The van der Waals surface area contributed by atoms with Crippen molar-refractivity contribution in [1.82, 2.24) is 0 Å². The lowest BCUT2D eigenvalue weighted by atomic mass is 10.0. The van der Waals surface area contributed by atoms with Crippen molar-refractivity contribution >= 4 is 17.1 Å². The van der Waals surface area contributed by atoms with Gasteiger partial charge in [-0.25, -0.2) is 0 Å². The van der Waals surface area contributed by atoms with E-state index >= 15 is 0 Å². The van der Waals surface area contributed by atoms with Crippen molar-refractivity contribution in [3.63, 3.8) is 0 Å². The van der Waals surface area contributed by atoms with Crippen molar-refractivity contribution < 1.29 is 14.7 Å². The molecule has 8 heteroatoms. The Bertz CT molecular complexity index is 1040. The molecule has 0 aliphatic heterocycles. The predicted octanol–water partition coefficient (Wildman–Crippen LogP) is 4.95. The maximum absolute atomic E-state index is 11.3. The number of oxime groups is 1. The lowest BCUT2D eigenvalue weighted by molar-refractivity contribution is -0.394. The van der Waals surface area contributed by atoms with Gasteiger partial charge in [0.25, 0.3) is 5.69 Å². The van der Waals surface area contributed by atoms with Gasteiger partial charge in [0.1, 0.15) is 5.71 Å². The van der Waals surface area contributed by atoms with Crippen LogP contribution in [0.25, 0.3) is 0 Å². The zero-order valence-electron chi connectivity index (χ0n) is 15.7. The van der Waals surface area contributed by atoms with Crippen LogP contribution in [-0.2, 0) is 0 Å². The van der Waals surface area contributed by atoms with Gasteiger partial charge in [-0.1, -0.05) is 64.8 Å². The number of rotatable bonds is 6. The van der Waals surface area contributed by atoms with Gasteiger partial charge < -0.3 is 4.84 Å². The first-order valence-corrected chi connectivity index (χ1v) is 8.67. The summed E-state index contributed by atoms with van der Waals surface area (Å²) in [6.07, 6.45) is 0. The quantitative estimate of drug-likeness (QED) is 0.335. The Morgan fingerprint density at radius 3 is 1.76 bits per heavy atom. The molecule has 0 aromatic heterocycles. The molecule has 0 spiro atoms. The summed E-state index contributed by atoms with van der Waals surface area (Å²) in [7, 11) is 0. The number of benzene rings is 3. The fourth-order valence-electron chi connectivity index (χ4n) is 2.63. The topological polar surface area (TPSA) is 108 Å². The third-order valence-corrected chi connectivity index (χ3v) is 4.24. The van der Waals surface area contributed by atoms with Crippen molar-refractivity contribution in [2.45, 2.75) is 13.8 Å². The molecule has 29 heavy (non-hydrogen) atoms. The Balaban J connectivity index is 2.05. The normalized spacial score (nSPS) is 10.3. The van der Waals surface area contributed by atoms with E-state index < -0.39 is 21.2 Å². The molecule has 0 heterocycles. The molecule has 0 fully saturated rings. The van der Waals surface area contributed by atoms with Crippen molar-refractivity contribution in [2.75, 3.05) is 0 Å². The van der Waals surface area contributed by atoms with Crippen LogP contribution in [0.3, 0.4) is 0 Å². The second-order valence-corrected chi connectivity index (χ2v) is 6.43. The number of nitro benzene ring substituents is 2. The zero-order valence-corrected chi connectivity index (χ0v) is 15.7. The van der Waals surface area contributed by atoms with Crippen LogP contribution in [0.1, 0.15) is 22.3 Å². The molecule has 0 atom stereocenters. The largest absolute Gasteiger partial charge is 0.349 e. The fraction of sp³-hybridized carbons (Fsp3) is 0.0952. The molecule has 8 nitrogen and oxygen atoms in total. The zero-order chi connectivity index (χ0) is 21.0. The molecule has 3 aromatic rings. The van der Waals surface area contributed by atoms with Gasteiger partial charge >= 0.3 is 5.69 Å². The van der Waals surface area contributed by atoms with Gasteiger partial charge in [-0.05, 0) is 19.9 Å². The molecular weight excluding hydrogens is 374 g/mol. The summed E-state index contributed by atoms with van der Waals surface area (Å²) in [4.78, 5) is 26.1. The first-order valence-electron chi connectivity index (χ1n) is 8.67. The average Bonchev–Trinajstić information content (AvgIpc) is 2.70. The molecule has 3 aromatic carbocycles. The Morgan fingerprint density at radius 1 is 0.793 bits per heavy atom. The summed E-state index contributed by atoms with van der Waals surface area (Å²) in [5.41, 5.74) is 3.24. The number of hydrogen-bond acceptors (Lipinski definition) is 6. The third kappa shape index (κ3) is 4.62. The molecule has 3 rings (SSSR count). The Hall–Kier alpha value is -4.07. The van der Waals surface area contributed by atoms with E-state index in [1.165, 1.54) is 6.07 Å². The van der Waals surface area contributed by atoms with Gasteiger partial charge in [0.05, 0.1) is 15.9 Å². The van der Waals surface area contributed by atoms with Crippen LogP contribution < -0.4 is 4.84 Å². The molecule has 0 amide bonds. The Kier molecular flexibility index (Phi) is 5.64. The molecule has 0 aliphatic rings. The van der Waals surface area contributed by atoms with E-state index in [1.54, 1.807) is 0 Å². The second kappa shape index (κ2) is 8.30. The monoisotopic (exact) mass is 391 g/mol. The van der Waals surface area contributed by atoms with E-state index in [4.69, 9.17) is 4.84 Å². The minimum absolute atomic E-state index is 0.183. The van der Waals surface area contributed by atoms with Crippen LogP contribution in [0.15, 0.2) is 71.9 Å². The van der Waals surface area contributed by atoms with E-state index in [-0.39, 0.29) is 5.75 Å². The number of non-ortho nitro benzene ring substituents is 1. The first kappa shape index (κ1) is 19.7. The van der Waals surface area contributed by atoms with Crippen molar-refractivity contribution in [1.29, 1.82) is 0 Å². The van der Waals surface area contributed by atoms with E-state index in [2.05, 4.69) is 5.16 Å².